The van der Waals surface area contributed by atoms with Gasteiger partial charge in [-0.15, -0.1) is 10.2 Å². The topological polar surface area (TPSA) is 165 Å². The maximum Gasteiger partial charge on any atom is 0.245 e. The predicted octanol–water partition coefficient (Wildman–Crippen LogP) is 2.75. The van der Waals surface area contributed by atoms with Gasteiger partial charge in [0, 0.05) is 18.3 Å². The van der Waals surface area contributed by atoms with E-state index in [1.54, 1.807) is 12.4 Å². The normalized spacial score (nSPS) is 18.5. The molecule has 14 nitrogen and oxygen atoms in total. The van der Waals surface area contributed by atoms with Crippen molar-refractivity contribution in [2.45, 2.75) is 76.9 Å². The van der Waals surface area contributed by atoms with Gasteiger partial charge < -0.3 is 18.9 Å². The molecule has 1 N–H and O–H groups in total. The van der Waals surface area contributed by atoms with Gasteiger partial charge in [-0.2, -0.15) is 9.97 Å². The summed E-state index contributed by atoms with van der Waals surface area (Å²) < 4.78 is 54.7. The molecule has 0 radical (unpaired) electrons. The van der Waals surface area contributed by atoms with E-state index in [2.05, 4.69) is 34.9 Å². The van der Waals surface area contributed by atoms with E-state index in [1.807, 2.05) is 34.6 Å². The molecule has 40 heavy (non-hydrogen) atoms. The zero-order valence-electron chi connectivity index (χ0n) is 23.9. The van der Waals surface area contributed by atoms with E-state index < -0.39 is 27.0 Å². The van der Waals surface area contributed by atoms with Gasteiger partial charge in [0.1, 0.15) is 23.5 Å². The van der Waals surface area contributed by atoms with Crippen LogP contribution < -0.4 is 14.2 Å². The number of aryl methyl sites for hydroxylation is 1. The van der Waals surface area contributed by atoms with Crippen molar-refractivity contribution in [1.82, 2.24) is 34.7 Å². The molecule has 15 heteroatoms. The fourth-order valence-corrected chi connectivity index (χ4v) is 5.58. The van der Waals surface area contributed by atoms with Crippen LogP contribution in [-0.4, -0.2) is 80.9 Å². The third kappa shape index (κ3) is 6.15. The minimum atomic E-state index is -4.15. The molecule has 0 saturated carbocycles. The summed E-state index contributed by atoms with van der Waals surface area (Å²) in [6.45, 7) is 11.3. The summed E-state index contributed by atoms with van der Waals surface area (Å²) in [5, 5.41) is 7.50. The van der Waals surface area contributed by atoms with Crippen LogP contribution in [0, 0.1) is 6.92 Å². The Kier molecular flexibility index (Phi) is 8.56. The average Bonchev–Trinajstić information content (AvgIpc) is 3.48. The highest BCUT2D eigenvalue weighted by Gasteiger charge is 2.40. The number of hydrogen-bond donors (Lipinski definition) is 1. The highest BCUT2D eigenvalue weighted by atomic mass is 32.2. The number of sulfonamides is 1. The zero-order chi connectivity index (χ0) is 29.2. The number of nitrogens with one attached hydrogen (secondary N) is 1. The van der Waals surface area contributed by atoms with Crippen LogP contribution in [0.25, 0.3) is 5.69 Å². The van der Waals surface area contributed by atoms with Gasteiger partial charge in [-0.1, -0.05) is 0 Å². The van der Waals surface area contributed by atoms with Gasteiger partial charge in [0.2, 0.25) is 27.7 Å². The Morgan fingerprint density at radius 2 is 1.68 bits per heavy atom. The highest BCUT2D eigenvalue weighted by molar-refractivity contribution is 7.93. The maximum atomic E-state index is 13.8. The Morgan fingerprint density at radius 1 is 1.05 bits per heavy atom. The first-order chi connectivity index (χ1) is 18.9. The molecule has 0 aromatic carbocycles. The molecule has 0 bridgehead atoms. The lowest BCUT2D eigenvalue weighted by molar-refractivity contribution is 0.00152. The Bertz CT molecular complexity index is 1410. The Labute approximate surface area is 233 Å². The van der Waals surface area contributed by atoms with Crippen molar-refractivity contribution in [2.75, 3.05) is 25.5 Å². The second-order valence-corrected chi connectivity index (χ2v) is 12.5. The molecule has 4 heterocycles. The minimum absolute atomic E-state index is 0.0916. The molecule has 3 aromatic rings. The Balaban J connectivity index is 1.80. The summed E-state index contributed by atoms with van der Waals surface area (Å²) in [5.74, 6) is 0.697. The quantitative estimate of drug-likeness (QED) is 0.355. The van der Waals surface area contributed by atoms with Gasteiger partial charge in [0.25, 0.3) is 0 Å². The predicted molar refractivity (Wildman–Crippen MR) is 145 cm³/mol. The van der Waals surface area contributed by atoms with Gasteiger partial charge >= 0.3 is 0 Å². The first-order valence-electron chi connectivity index (χ1n) is 12.8. The average molecular weight is 577 g/mol. The number of hydrogen-bond acceptors (Lipinski definition) is 12. The molecule has 1 fully saturated rings. The van der Waals surface area contributed by atoms with E-state index in [4.69, 9.17) is 18.9 Å². The second kappa shape index (κ2) is 11.6. The summed E-state index contributed by atoms with van der Waals surface area (Å²) in [7, 11) is -1.27. The van der Waals surface area contributed by atoms with E-state index in [0.29, 0.717) is 18.9 Å². The van der Waals surface area contributed by atoms with E-state index in [1.165, 1.54) is 32.0 Å². The lowest BCUT2D eigenvalue weighted by Crippen LogP contribution is -2.35. The van der Waals surface area contributed by atoms with Crippen molar-refractivity contribution in [1.29, 1.82) is 0 Å². The molecule has 3 atom stereocenters. The van der Waals surface area contributed by atoms with Crippen molar-refractivity contribution in [3.05, 3.63) is 35.9 Å². The van der Waals surface area contributed by atoms with Gasteiger partial charge in [-0.05, 0) is 53.5 Å². The van der Waals surface area contributed by atoms with Gasteiger partial charge in [-0.3, -0.25) is 9.29 Å². The van der Waals surface area contributed by atoms with Crippen LogP contribution in [0.2, 0.25) is 0 Å². The van der Waals surface area contributed by atoms with Gasteiger partial charge in [0.05, 0.1) is 32.5 Å². The lowest BCUT2D eigenvalue weighted by Gasteiger charge is -2.25. The number of methoxy groups -OCH3 is 2. The molecule has 4 rings (SSSR count). The molecular weight excluding hydrogens is 540 g/mol. The number of ether oxygens (including phenoxy) is 4. The summed E-state index contributed by atoms with van der Waals surface area (Å²) in [6, 6.07) is 0. The third-order valence-electron chi connectivity index (χ3n) is 6.46. The second-order valence-electron chi connectivity index (χ2n) is 10.5. The summed E-state index contributed by atoms with van der Waals surface area (Å²) in [5.41, 5.74) is 0.694. The van der Waals surface area contributed by atoms with E-state index in [-0.39, 0.29) is 41.2 Å². The van der Waals surface area contributed by atoms with Crippen molar-refractivity contribution < 1.29 is 27.4 Å². The van der Waals surface area contributed by atoms with Crippen LogP contribution in [0.4, 0.5) is 5.95 Å². The molecule has 218 valence electrons. The monoisotopic (exact) mass is 576 g/mol. The fourth-order valence-electron chi connectivity index (χ4n) is 4.50. The molecule has 0 aliphatic carbocycles. The Hall–Kier alpha value is -3.43. The summed E-state index contributed by atoms with van der Waals surface area (Å²) in [6.07, 6.45) is 3.91. The fraction of sp³-hybridized carbons (Fsp3) is 0.600. The number of aromatic nitrogens is 7. The van der Waals surface area contributed by atoms with Crippen molar-refractivity contribution in [3.63, 3.8) is 0 Å². The van der Waals surface area contributed by atoms with E-state index in [9.17, 15) is 8.42 Å². The van der Waals surface area contributed by atoms with Gasteiger partial charge in [0.15, 0.2) is 11.5 Å². The minimum Gasteiger partial charge on any atom is -0.479 e. The van der Waals surface area contributed by atoms with Crippen molar-refractivity contribution in [2.24, 2.45) is 0 Å². The Morgan fingerprint density at radius 3 is 2.20 bits per heavy atom. The van der Waals surface area contributed by atoms with Crippen LogP contribution in [-0.2, 0) is 19.5 Å². The lowest BCUT2D eigenvalue weighted by atomic mass is 9.97. The van der Waals surface area contributed by atoms with Crippen LogP contribution in [0.5, 0.6) is 11.8 Å². The molecule has 1 aliphatic rings. The van der Waals surface area contributed by atoms with Crippen LogP contribution in [0.1, 0.15) is 70.3 Å². The van der Waals surface area contributed by atoms with Crippen LogP contribution >= 0.6 is 0 Å². The molecule has 0 spiro atoms. The summed E-state index contributed by atoms with van der Waals surface area (Å²) >= 11 is 0. The summed E-state index contributed by atoms with van der Waals surface area (Å²) in [4.78, 5) is 17.1. The van der Waals surface area contributed by atoms with E-state index >= 15 is 0 Å². The standard InChI is InChI=1S/C25H36N8O6S/c1-14(2)39-19(20-26-10-15(3)11-27-20)16(4)40(34,35)32-24-31-30-21(17-9-25(5,6)38-12-17)33(24)18-22(36-7)28-13-29-23(18)37-8/h10-11,13-14,16-17,19H,9,12H2,1-8H3,(H,31,32)/t16-,17-,19+/m0/s1. The van der Waals surface area contributed by atoms with Gasteiger partial charge in [-0.25, -0.2) is 18.4 Å². The molecular formula is C25H36N8O6S. The number of anilines is 1. The highest BCUT2D eigenvalue weighted by Crippen LogP contribution is 2.40. The third-order valence-corrected chi connectivity index (χ3v) is 8.15. The van der Waals surface area contributed by atoms with Crippen molar-refractivity contribution in [3.8, 4) is 17.4 Å². The molecule has 3 aromatic heterocycles. The van der Waals surface area contributed by atoms with Crippen LogP contribution in [0.3, 0.4) is 0 Å². The first-order valence-corrected chi connectivity index (χ1v) is 14.4. The van der Waals surface area contributed by atoms with E-state index in [0.717, 1.165) is 5.56 Å². The SMILES string of the molecule is COc1ncnc(OC)c1-n1c(NS(=O)(=O)[C@@H](C)[C@@H](OC(C)C)c2ncc(C)cn2)nnc1[C@@H]1COC(C)(C)C1. The molecule has 1 aliphatic heterocycles. The first kappa shape index (κ1) is 29.6. The molecule has 0 unspecified atom stereocenters. The number of nitrogens with zero attached hydrogens (tertiary/aromatic N) is 7. The largest absolute Gasteiger partial charge is 0.479 e. The van der Waals surface area contributed by atoms with Crippen molar-refractivity contribution >= 4 is 16.0 Å². The smallest absolute Gasteiger partial charge is 0.245 e. The zero-order valence-corrected chi connectivity index (χ0v) is 24.8. The molecule has 1 saturated heterocycles. The molecule has 0 amide bonds. The number of rotatable bonds is 11. The maximum absolute atomic E-state index is 13.8. The van der Waals surface area contributed by atoms with Crippen LogP contribution in [0.15, 0.2) is 18.7 Å².